The standard InChI is InChI=1S/C19H27N3O2S2.HI/c1-4-20-18(22-15-19(2,3)17-11-8-13-25-17)21-12-14-26(23,24)16-9-6-5-7-10-16;/h5-11,13H,4,12,14-15H2,1-3H3,(H2,20,21,22);1H. The molecule has 2 rings (SSSR count). The van der Waals surface area contributed by atoms with Gasteiger partial charge in [-0.2, -0.15) is 0 Å². The number of thiophene rings is 1. The third-order valence-electron chi connectivity index (χ3n) is 3.93. The quantitative estimate of drug-likeness (QED) is 0.316. The summed E-state index contributed by atoms with van der Waals surface area (Å²) in [5.74, 6) is 0.663. The summed E-state index contributed by atoms with van der Waals surface area (Å²) in [4.78, 5) is 6.27. The summed E-state index contributed by atoms with van der Waals surface area (Å²) >= 11 is 1.72. The fourth-order valence-electron chi connectivity index (χ4n) is 2.41. The van der Waals surface area contributed by atoms with Crippen molar-refractivity contribution in [3.8, 4) is 0 Å². The molecule has 0 aliphatic carbocycles. The van der Waals surface area contributed by atoms with E-state index in [0.29, 0.717) is 23.9 Å². The first-order chi connectivity index (χ1) is 12.3. The van der Waals surface area contributed by atoms with E-state index in [-0.39, 0.29) is 35.1 Å². The molecule has 150 valence electrons. The Morgan fingerprint density at radius 3 is 2.41 bits per heavy atom. The van der Waals surface area contributed by atoms with E-state index in [1.807, 2.05) is 19.1 Å². The van der Waals surface area contributed by atoms with Gasteiger partial charge in [0.15, 0.2) is 15.8 Å². The third kappa shape index (κ3) is 7.42. The van der Waals surface area contributed by atoms with Crippen LogP contribution >= 0.6 is 35.3 Å². The number of rotatable bonds is 8. The SMILES string of the molecule is CCNC(=NCC(C)(C)c1cccs1)NCCS(=O)(=O)c1ccccc1.I. The van der Waals surface area contributed by atoms with Crippen molar-refractivity contribution >= 4 is 51.1 Å². The van der Waals surface area contributed by atoms with Crippen molar-refractivity contribution in [2.45, 2.75) is 31.1 Å². The Morgan fingerprint density at radius 1 is 1.11 bits per heavy atom. The lowest BCUT2D eigenvalue weighted by Gasteiger charge is -2.21. The van der Waals surface area contributed by atoms with E-state index in [1.54, 1.807) is 35.6 Å². The summed E-state index contributed by atoms with van der Waals surface area (Å²) < 4.78 is 24.7. The van der Waals surface area contributed by atoms with Gasteiger partial charge in [0.2, 0.25) is 0 Å². The van der Waals surface area contributed by atoms with E-state index in [1.165, 1.54) is 4.88 Å². The van der Waals surface area contributed by atoms with Crippen LogP contribution in [0.5, 0.6) is 0 Å². The van der Waals surface area contributed by atoms with Gasteiger partial charge in [-0.25, -0.2) is 8.42 Å². The second-order valence-electron chi connectivity index (χ2n) is 6.62. The van der Waals surface area contributed by atoms with Crippen LogP contribution in [-0.4, -0.2) is 39.8 Å². The van der Waals surface area contributed by atoms with Gasteiger partial charge in [-0.3, -0.25) is 4.99 Å². The lowest BCUT2D eigenvalue weighted by atomic mass is 9.92. The summed E-state index contributed by atoms with van der Waals surface area (Å²) in [7, 11) is -3.29. The summed E-state index contributed by atoms with van der Waals surface area (Å²) in [5, 5.41) is 8.37. The summed E-state index contributed by atoms with van der Waals surface area (Å²) in [5.41, 5.74) is -0.0629. The Morgan fingerprint density at radius 2 is 1.81 bits per heavy atom. The van der Waals surface area contributed by atoms with E-state index in [0.717, 1.165) is 6.54 Å². The van der Waals surface area contributed by atoms with Gasteiger partial charge in [0.1, 0.15) is 0 Å². The van der Waals surface area contributed by atoms with Gasteiger partial charge in [-0.05, 0) is 30.5 Å². The number of halogens is 1. The van der Waals surface area contributed by atoms with Crippen LogP contribution in [0.25, 0.3) is 0 Å². The van der Waals surface area contributed by atoms with E-state index in [2.05, 4.69) is 40.9 Å². The first kappa shape index (κ1) is 23.9. The lowest BCUT2D eigenvalue weighted by molar-refractivity contribution is 0.548. The van der Waals surface area contributed by atoms with Crippen LogP contribution in [0.15, 0.2) is 57.7 Å². The minimum Gasteiger partial charge on any atom is -0.357 e. The van der Waals surface area contributed by atoms with Crippen LogP contribution in [0, 0.1) is 0 Å². The van der Waals surface area contributed by atoms with Crippen molar-refractivity contribution < 1.29 is 8.42 Å². The Kier molecular flexibility index (Phi) is 9.75. The molecule has 0 unspecified atom stereocenters. The van der Waals surface area contributed by atoms with Crippen LogP contribution in [0.4, 0.5) is 0 Å². The molecule has 2 aromatic rings. The predicted molar refractivity (Wildman–Crippen MR) is 125 cm³/mol. The number of nitrogens with zero attached hydrogens (tertiary/aromatic N) is 1. The zero-order valence-electron chi connectivity index (χ0n) is 15.9. The molecule has 5 nitrogen and oxygen atoms in total. The van der Waals surface area contributed by atoms with Gasteiger partial charge in [0.25, 0.3) is 0 Å². The predicted octanol–water partition coefficient (Wildman–Crippen LogP) is 3.67. The van der Waals surface area contributed by atoms with E-state index in [9.17, 15) is 8.42 Å². The maximum atomic E-state index is 12.3. The second-order valence-corrected chi connectivity index (χ2v) is 9.67. The minimum atomic E-state index is -3.29. The van der Waals surface area contributed by atoms with Gasteiger partial charge in [0, 0.05) is 23.4 Å². The number of nitrogens with one attached hydrogen (secondary N) is 2. The maximum absolute atomic E-state index is 12.3. The molecule has 0 saturated heterocycles. The summed E-state index contributed by atoms with van der Waals surface area (Å²) in [6.45, 7) is 7.95. The van der Waals surface area contributed by atoms with Crippen LogP contribution in [0.2, 0.25) is 0 Å². The van der Waals surface area contributed by atoms with E-state index >= 15 is 0 Å². The van der Waals surface area contributed by atoms with Gasteiger partial charge in [-0.15, -0.1) is 35.3 Å². The molecule has 0 fully saturated rings. The van der Waals surface area contributed by atoms with Crippen molar-refractivity contribution in [1.82, 2.24) is 10.6 Å². The van der Waals surface area contributed by atoms with Crippen molar-refractivity contribution in [1.29, 1.82) is 0 Å². The molecule has 0 bridgehead atoms. The van der Waals surface area contributed by atoms with Crippen molar-refractivity contribution in [2.24, 2.45) is 4.99 Å². The first-order valence-electron chi connectivity index (χ1n) is 8.69. The zero-order valence-corrected chi connectivity index (χ0v) is 19.9. The molecule has 1 aromatic heterocycles. The maximum Gasteiger partial charge on any atom is 0.191 e. The summed E-state index contributed by atoms with van der Waals surface area (Å²) in [6.07, 6.45) is 0. The Hall–Kier alpha value is -1.13. The Bertz CT molecular complexity index is 805. The highest BCUT2D eigenvalue weighted by molar-refractivity contribution is 14.0. The molecule has 1 aromatic carbocycles. The molecule has 0 aliphatic rings. The smallest absolute Gasteiger partial charge is 0.191 e. The highest BCUT2D eigenvalue weighted by Crippen LogP contribution is 2.27. The van der Waals surface area contributed by atoms with Gasteiger partial charge >= 0.3 is 0 Å². The van der Waals surface area contributed by atoms with Crippen LogP contribution in [-0.2, 0) is 15.3 Å². The minimum absolute atomic E-state index is 0. The van der Waals surface area contributed by atoms with E-state index < -0.39 is 9.84 Å². The lowest BCUT2D eigenvalue weighted by Crippen LogP contribution is -2.40. The average Bonchev–Trinajstić information content (AvgIpc) is 3.16. The van der Waals surface area contributed by atoms with Crippen LogP contribution in [0.3, 0.4) is 0 Å². The largest absolute Gasteiger partial charge is 0.357 e. The molecular weight excluding hydrogens is 493 g/mol. The molecule has 0 amide bonds. The van der Waals surface area contributed by atoms with Gasteiger partial charge < -0.3 is 10.6 Å². The number of sulfone groups is 1. The highest BCUT2D eigenvalue weighted by atomic mass is 127. The molecule has 0 aliphatic heterocycles. The third-order valence-corrected chi connectivity index (χ3v) is 6.90. The number of hydrogen-bond donors (Lipinski definition) is 2. The molecule has 8 heteroatoms. The molecule has 1 heterocycles. The fourth-order valence-corrected chi connectivity index (χ4v) is 4.43. The molecule has 0 spiro atoms. The van der Waals surface area contributed by atoms with Crippen LogP contribution in [0.1, 0.15) is 25.6 Å². The average molecular weight is 521 g/mol. The Labute approximate surface area is 183 Å². The zero-order chi connectivity index (χ0) is 19.0. The molecule has 27 heavy (non-hydrogen) atoms. The van der Waals surface area contributed by atoms with Gasteiger partial charge in [0.05, 0.1) is 17.2 Å². The summed E-state index contributed by atoms with van der Waals surface area (Å²) in [6, 6.07) is 12.7. The molecule has 0 atom stereocenters. The Balaban J connectivity index is 0.00000364. The van der Waals surface area contributed by atoms with Gasteiger partial charge in [-0.1, -0.05) is 38.1 Å². The first-order valence-corrected chi connectivity index (χ1v) is 11.2. The molecular formula is C19H28IN3O2S2. The number of aliphatic imine (C=N–C) groups is 1. The monoisotopic (exact) mass is 521 g/mol. The van der Waals surface area contributed by atoms with Crippen LogP contribution < -0.4 is 10.6 Å². The number of hydrogen-bond acceptors (Lipinski definition) is 4. The topological polar surface area (TPSA) is 70.6 Å². The number of guanidine groups is 1. The molecule has 0 radical (unpaired) electrons. The van der Waals surface area contributed by atoms with Crippen molar-refractivity contribution in [2.75, 3.05) is 25.4 Å². The van der Waals surface area contributed by atoms with E-state index in [4.69, 9.17) is 0 Å². The van der Waals surface area contributed by atoms with Crippen molar-refractivity contribution in [3.63, 3.8) is 0 Å². The molecule has 2 N–H and O–H groups in total. The number of benzene rings is 1. The second kappa shape index (κ2) is 11.0. The molecule has 0 saturated carbocycles. The fraction of sp³-hybridized carbons (Fsp3) is 0.421. The highest BCUT2D eigenvalue weighted by Gasteiger charge is 2.21. The van der Waals surface area contributed by atoms with Crippen molar-refractivity contribution in [3.05, 3.63) is 52.7 Å². The normalized spacial score (nSPS) is 12.3.